The van der Waals surface area contributed by atoms with Crippen molar-refractivity contribution in [3.05, 3.63) is 93.0 Å². The minimum Gasteiger partial charge on any atom is -0.366 e. The number of para-hydroxylation sites is 1. The molecule has 1 aliphatic heterocycles. The summed E-state index contributed by atoms with van der Waals surface area (Å²) in [6.45, 7) is 1.60. The summed E-state index contributed by atoms with van der Waals surface area (Å²) in [6, 6.07) is 20.4. The Bertz CT molecular complexity index is 1290. The predicted molar refractivity (Wildman–Crippen MR) is 131 cm³/mol. The van der Waals surface area contributed by atoms with Crippen LogP contribution < -0.4 is 10.2 Å². The molecule has 4 aromatic rings. The molecule has 0 spiro atoms. The molecule has 0 aliphatic carbocycles. The van der Waals surface area contributed by atoms with Crippen LogP contribution in [0.1, 0.15) is 33.8 Å². The Morgan fingerprint density at radius 1 is 1.06 bits per heavy atom. The van der Waals surface area contributed by atoms with Gasteiger partial charge in [-0.2, -0.15) is 0 Å². The highest BCUT2D eigenvalue weighted by atomic mass is 32.1. The molecule has 5 rings (SSSR count). The number of carbonyl (C=O) groups excluding carboxylic acids is 1. The van der Waals surface area contributed by atoms with Gasteiger partial charge in [-0.05, 0) is 54.8 Å². The van der Waals surface area contributed by atoms with E-state index in [1.165, 1.54) is 10.8 Å². The van der Waals surface area contributed by atoms with Crippen LogP contribution in [0.2, 0.25) is 0 Å². The predicted octanol–water partition coefficient (Wildman–Crippen LogP) is 5.65. The smallest absolute Gasteiger partial charge is 0.293 e. The molecule has 1 N–H and O–H groups in total. The quantitative estimate of drug-likeness (QED) is 0.298. The van der Waals surface area contributed by atoms with Crippen molar-refractivity contribution in [2.24, 2.45) is 0 Å². The maximum atomic E-state index is 12.7. The van der Waals surface area contributed by atoms with Gasteiger partial charge in [0.25, 0.3) is 11.6 Å². The third-order valence-electron chi connectivity index (χ3n) is 5.79. The number of nitro benzene ring substituents is 1. The number of fused-ring (bicyclic) bond motifs is 1. The van der Waals surface area contributed by atoms with Gasteiger partial charge >= 0.3 is 0 Å². The van der Waals surface area contributed by atoms with Crippen molar-refractivity contribution >= 4 is 44.5 Å². The number of amides is 1. The third kappa shape index (κ3) is 4.56. The van der Waals surface area contributed by atoms with Gasteiger partial charge in [-0.1, -0.05) is 24.3 Å². The summed E-state index contributed by atoms with van der Waals surface area (Å²) >= 11 is 1.68. The normalized spacial score (nSPS) is 13.4. The summed E-state index contributed by atoms with van der Waals surface area (Å²) in [7, 11) is 0. The van der Waals surface area contributed by atoms with Gasteiger partial charge in [-0.15, -0.1) is 11.3 Å². The summed E-state index contributed by atoms with van der Waals surface area (Å²) in [6.07, 6.45) is 2.76. The Morgan fingerprint density at radius 2 is 1.82 bits per heavy atom. The molecule has 1 saturated heterocycles. The second-order valence-corrected chi connectivity index (χ2v) is 9.17. The van der Waals surface area contributed by atoms with E-state index in [2.05, 4.69) is 16.4 Å². The van der Waals surface area contributed by atoms with Crippen molar-refractivity contribution in [2.75, 3.05) is 23.3 Å². The number of aromatic nitrogens is 1. The van der Waals surface area contributed by atoms with Gasteiger partial charge < -0.3 is 10.2 Å². The molecule has 0 atom stereocenters. The number of nitro groups is 1. The lowest BCUT2D eigenvalue weighted by Gasteiger charge is -2.17. The van der Waals surface area contributed by atoms with Gasteiger partial charge in [0.1, 0.15) is 5.69 Å². The summed E-state index contributed by atoms with van der Waals surface area (Å²) in [5.41, 5.74) is 3.55. The fourth-order valence-electron chi connectivity index (χ4n) is 4.12. The molecule has 1 amide bonds. The van der Waals surface area contributed by atoms with Gasteiger partial charge in [0.2, 0.25) is 0 Å². The average Bonchev–Trinajstić information content (AvgIpc) is 3.49. The van der Waals surface area contributed by atoms with Gasteiger partial charge in [0.15, 0.2) is 0 Å². The van der Waals surface area contributed by atoms with E-state index in [0.29, 0.717) is 11.4 Å². The van der Waals surface area contributed by atoms with Crippen molar-refractivity contribution in [1.29, 1.82) is 0 Å². The number of hydrogen-bond acceptors (Lipinski definition) is 6. The van der Waals surface area contributed by atoms with Crippen LogP contribution in [0.3, 0.4) is 0 Å². The number of thiazole rings is 1. The minimum absolute atomic E-state index is 0.0317. The van der Waals surface area contributed by atoms with E-state index >= 15 is 0 Å². The van der Waals surface area contributed by atoms with E-state index in [-0.39, 0.29) is 17.2 Å². The molecule has 7 nitrogen and oxygen atoms in total. The number of nitrogens with one attached hydrogen (secondary N) is 1. The third-order valence-corrected chi connectivity index (χ3v) is 6.82. The first-order valence-electron chi connectivity index (χ1n) is 10.8. The van der Waals surface area contributed by atoms with Crippen molar-refractivity contribution < 1.29 is 9.72 Å². The maximum absolute atomic E-state index is 12.7. The first-order valence-corrected chi connectivity index (χ1v) is 11.7. The van der Waals surface area contributed by atoms with E-state index in [4.69, 9.17) is 0 Å². The second kappa shape index (κ2) is 8.99. The Hall–Kier alpha value is -3.78. The first-order chi connectivity index (χ1) is 16.1. The lowest BCUT2D eigenvalue weighted by Crippen LogP contribution is -2.19. The summed E-state index contributed by atoms with van der Waals surface area (Å²) in [5.74, 6) is -0.370. The van der Waals surface area contributed by atoms with Crippen molar-refractivity contribution in [2.45, 2.75) is 19.3 Å². The van der Waals surface area contributed by atoms with Crippen LogP contribution in [0.4, 0.5) is 17.1 Å². The number of hydrogen-bond donors (Lipinski definition) is 1. The van der Waals surface area contributed by atoms with Gasteiger partial charge in [-0.3, -0.25) is 14.9 Å². The van der Waals surface area contributed by atoms with E-state index in [9.17, 15) is 14.9 Å². The van der Waals surface area contributed by atoms with Gasteiger partial charge in [-0.25, -0.2) is 4.98 Å². The van der Waals surface area contributed by atoms with Crippen LogP contribution in [-0.2, 0) is 6.42 Å². The molecule has 1 aliphatic rings. The standard InChI is InChI=1S/C25H22N4O3S/c30-25(18-9-12-21(22(16-18)29(31)32)28-13-3-4-14-28)26-19-10-7-17(8-11-19)15-24-27-20-5-1-2-6-23(20)33-24/h1-2,5-12,16H,3-4,13-15H2,(H,26,30). The Morgan fingerprint density at radius 3 is 2.55 bits per heavy atom. The topological polar surface area (TPSA) is 88.4 Å². The van der Waals surface area contributed by atoms with E-state index in [1.807, 2.05) is 47.4 Å². The van der Waals surface area contributed by atoms with Crippen LogP contribution in [-0.4, -0.2) is 28.9 Å². The number of rotatable bonds is 6. The SMILES string of the molecule is O=C(Nc1ccc(Cc2nc3ccccc3s2)cc1)c1ccc(N2CCCC2)c([N+](=O)[O-])c1. The fourth-order valence-corrected chi connectivity index (χ4v) is 5.12. The minimum atomic E-state index is -0.415. The molecule has 0 radical (unpaired) electrons. The molecule has 166 valence electrons. The first kappa shape index (κ1) is 21.1. The Labute approximate surface area is 194 Å². The lowest BCUT2D eigenvalue weighted by molar-refractivity contribution is -0.384. The van der Waals surface area contributed by atoms with Crippen molar-refractivity contribution in [1.82, 2.24) is 4.98 Å². The highest BCUT2D eigenvalue weighted by molar-refractivity contribution is 7.18. The molecule has 1 aromatic heterocycles. The van der Waals surface area contributed by atoms with Gasteiger partial charge in [0, 0.05) is 36.8 Å². The van der Waals surface area contributed by atoms with E-state index in [0.717, 1.165) is 48.4 Å². The van der Waals surface area contributed by atoms with Crippen LogP contribution in [0, 0.1) is 10.1 Å². The van der Waals surface area contributed by atoms with Crippen LogP contribution >= 0.6 is 11.3 Å². The monoisotopic (exact) mass is 458 g/mol. The zero-order valence-corrected chi connectivity index (χ0v) is 18.7. The molecule has 1 fully saturated rings. The number of anilines is 2. The summed E-state index contributed by atoms with van der Waals surface area (Å²) < 4.78 is 1.17. The van der Waals surface area contributed by atoms with Crippen LogP contribution in [0.5, 0.6) is 0 Å². The molecule has 3 aromatic carbocycles. The molecule has 0 unspecified atom stereocenters. The molecule has 33 heavy (non-hydrogen) atoms. The number of carbonyl (C=O) groups is 1. The molecule has 0 saturated carbocycles. The van der Waals surface area contributed by atoms with Gasteiger partial charge in [0.05, 0.1) is 20.1 Å². The summed E-state index contributed by atoms with van der Waals surface area (Å²) in [4.78, 5) is 30.6. The summed E-state index contributed by atoms with van der Waals surface area (Å²) in [5, 5.41) is 15.5. The number of benzene rings is 3. The molecular weight excluding hydrogens is 436 g/mol. The lowest BCUT2D eigenvalue weighted by atomic mass is 10.1. The fraction of sp³-hybridized carbons (Fsp3) is 0.200. The number of nitrogens with zero attached hydrogens (tertiary/aromatic N) is 3. The highest BCUT2D eigenvalue weighted by Gasteiger charge is 2.24. The van der Waals surface area contributed by atoms with Crippen molar-refractivity contribution in [3.8, 4) is 0 Å². The zero-order chi connectivity index (χ0) is 22.8. The van der Waals surface area contributed by atoms with E-state index in [1.54, 1.807) is 23.5 Å². The van der Waals surface area contributed by atoms with Crippen LogP contribution in [0.25, 0.3) is 10.2 Å². The van der Waals surface area contributed by atoms with Crippen molar-refractivity contribution in [3.63, 3.8) is 0 Å². The molecule has 0 bridgehead atoms. The maximum Gasteiger partial charge on any atom is 0.293 e. The largest absolute Gasteiger partial charge is 0.366 e. The van der Waals surface area contributed by atoms with Crippen LogP contribution in [0.15, 0.2) is 66.7 Å². The molecule has 8 heteroatoms. The highest BCUT2D eigenvalue weighted by Crippen LogP contribution is 2.32. The average molecular weight is 459 g/mol. The molecule has 2 heterocycles. The Kier molecular flexibility index (Phi) is 5.75. The Balaban J connectivity index is 1.28. The molecular formula is C25H22N4O3S. The van der Waals surface area contributed by atoms with E-state index < -0.39 is 4.92 Å². The zero-order valence-electron chi connectivity index (χ0n) is 17.9. The second-order valence-electron chi connectivity index (χ2n) is 8.06.